The summed E-state index contributed by atoms with van der Waals surface area (Å²) in [4.78, 5) is 0. The van der Waals surface area contributed by atoms with Gasteiger partial charge in [-0.05, 0) is 0 Å². The van der Waals surface area contributed by atoms with Crippen LogP contribution in [0.3, 0.4) is 0 Å². The van der Waals surface area contributed by atoms with Crippen molar-refractivity contribution >= 4 is 12.6 Å². The highest BCUT2D eigenvalue weighted by Gasteiger charge is 2.02. The van der Waals surface area contributed by atoms with E-state index in [-0.39, 0.29) is 19.5 Å². The summed E-state index contributed by atoms with van der Waals surface area (Å²) >= 11 is 3.93. The van der Waals surface area contributed by atoms with Gasteiger partial charge in [-0.2, -0.15) is 12.6 Å². The maximum absolute atomic E-state index is 8.52. The molecule has 0 radical (unpaired) electrons. The molecule has 9 heavy (non-hydrogen) atoms. The molecule has 0 heterocycles. The molecule has 0 aliphatic carbocycles. The van der Waals surface area contributed by atoms with E-state index in [9.17, 15) is 0 Å². The minimum Gasteiger partial charge on any atom is -0.394 e. The zero-order valence-electron chi connectivity index (χ0n) is 5.41. The number of methoxy groups -OCH3 is 1. The zero-order valence-corrected chi connectivity index (χ0v) is 6.30. The van der Waals surface area contributed by atoms with E-state index in [4.69, 9.17) is 9.84 Å². The lowest BCUT2D eigenvalue weighted by atomic mass is 10.4. The Hall–Kier alpha value is 0.230. The molecule has 0 aromatic carbocycles. The van der Waals surface area contributed by atoms with Crippen LogP contribution in [0.15, 0.2) is 0 Å². The molecule has 0 rings (SSSR count). The summed E-state index contributed by atoms with van der Waals surface area (Å²) in [5, 5.41) is 8.52. The topological polar surface area (TPSA) is 38.7 Å². The lowest BCUT2D eigenvalue weighted by Crippen LogP contribution is -2.20. The third-order valence-corrected chi connectivity index (χ3v) is 1.24. The first-order valence-corrected chi connectivity index (χ1v) is 3.30. The van der Waals surface area contributed by atoms with Crippen LogP contribution in [0.1, 0.15) is 0 Å². The number of hydrogen-bond acceptors (Lipinski definition) is 4. The van der Waals surface area contributed by atoms with Crippen LogP contribution in [0.4, 0.5) is 0 Å². The van der Waals surface area contributed by atoms with E-state index in [2.05, 4.69) is 17.4 Å². The normalized spacial score (nSPS) is 13.7. The Bertz CT molecular complexity index is 56.2. The number of aliphatic hydroxyl groups excluding tert-OH is 1. The van der Waals surface area contributed by atoms with Gasteiger partial charge in [-0.1, -0.05) is 0 Å². The molecule has 0 saturated carbocycles. The molecule has 0 unspecified atom stereocenters. The third-order valence-electron chi connectivity index (χ3n) is 0.829. The fourth-order valence-electron chi connectivity index (χ4n) is 0.327. The van der Waals surface area contributed by atoms with Crippen LogP contribution in [0.25, 0.3) is 0 Å². The lowest BCUT2D eigenvalue weighted by Gasteiger charge is -2.10. The van der Waals surface area contributed by atoms with Gasteiger partial charge in [0.15, 0.2) is 0 Å². The molecule has 0 bridgehead atoms. The molecule has 0 fully saturated rings. The van der Waals surface area contributed by atoms with Crippen LogP contribution in [0.2, 0.25) is 0 Å². The van der Waals surface area contributed by atoms with Crippen LogP contribution >= 0.6 is 12.6 Å². The molecule has 0 aliphatic rings. The highest BCUT2D eigenvalue weighted by molar-refractivity contribution is 7.80. The Morgan fingerprint density at radius 3 is 2.67 bits per heavy atom. The van der Waals surface area contributed by atoms with Crippen LogP contribution in [0, 0.1) is 0 Å². The number of rotatable bonds is 5. The van der Waals surface area contributed by atoms with Crippen molar-refractivity contribution in [2.75, 3.05) is 26.3 Å². The summed E-state index contributed by atoms with van der Waals surface area (Å²) in [7, 11) is 1.53. The van der Waals surface area contributed by atoms with E-state index >= 15 is 0 Å². The van der Waals surface area contributed by atoms with Crippen LogP contribution < -0.4 is 0 Å². The van der Waals surface area contributed by atoms with Gasteiger partial charge in [-0.3, -0.25) is 0 Å². The van der Waals surface area contributed by atoms with Gasteiger partial charge in [0.1, 0.15) is 6.79 Å². The summed E-state index contributed by atoms with van der Waals surface area (Å²) in [5.41, 5.74) is 0. The van der Waals surface area contributed by atoms with Gasteiger partial charge in [0.2, 0.25) is 0 Å². The monoisotopic (exact) mass is 152 g/mol. The molecule has 0 spiro atoms. The summed E-state index contributed by atoms with van der Waals surface area (Å²) < 4.78 is 9.55. The predicted molar refractivity (Wildman–Crippen MR) is 37.7 cm³/mol. The van der Waals surface area contributed by atoms with E-state index in [0.717, 1.165) is 0 Å². The average molecular weight is 152 g/mol. The third kappa shape index (κ3) is 4.72. The van der Waals surface area contributed by atoms with E-state index in [0.29, 0.717) is 5.75 Å². The van der Waals surface area contributed by atoms with Gasteiger partial charge in [-0.15, -0.1) is 0 Å². The second kappa shape index (κ2) is 6.35. The van der Waals surface area contributed by atoms with Crippen molar-refractivity contribution in [1.82, 2.24) is 0 Å². The first-order valence-electron chi connectivity index (χ1n) is 2.67. The van der Waals surface area contributed by atoms with Gasteiger partial charge >= 0.3 is 0 Å². The summed E-state index contributed by atoms with van der Waals surface area (Å²) in [6.45, 7) is 0.207. The predicted octanol–water partition coefficient (Wildman–Crippen LogP) is -0.102. The first-order chi connectivity index (χ1) is 4.35. The zero-order chi connectivity index (χ0) is 7.11. The van der Waals surface area contributed by atoms with E-state index < -0.39 is 0 Å². The molecule has 0 saturated heterocycles. The van der Waals surface area contributed by atoms with Crippen molar-refractivity contribution in [1.29, 1.82) is 0 Å². The van der Waals surface area contributed by atoms with Crippen molar-refractivity contribution < 1.29 is 14.6 Å². The Morgan fingerprint density at radius 1 is 1.67 bits per heavy atom. The van der Waals surface area contributed by atoms with E-state index in [1.54, 1.807) is 0 Å². The molecule has 0 aromatic rings. The summed E-state index contributed by atoms with van der Waals surface area (Å²) in [5.74, 6) is 0.514. The minimum atomic E-state index is -0.201. The Kier molecular flexibility index (Phi) is 6.51. The van der Waals surface area contributed by atoms with E-state index in [1.807, 2.05) is 0 Å². The van der Waals surface area contributed by atoms with Gasteiger partial charge < -0.3 is 14.6 Å². The fourth-order valence-corrected chi connectivity index (χ4v) is 0.548. The van der Waals surface area contributed by atoms with E-state index in [1.165, 1.54) is 7.11 Å². The molecule has 4 heteroatoms. The molecule has 0 amide bonds. The molecular weight excluding hydrogens is 140 g/mol. The summed E-state index contributed by atoms with van der Waals surface area (Å²) in [6.07, 6.45) is -0.201. The number of aliphatic hydroxyl groups is 1. The molecule has 0 aromatic heterocycles. The quantitative estimate of drug-likeness (QED) is 0.427. The van der Waals surface area contributed by atoms with Crippen molar-refractivity contribution in [3.8, 4) is 0 Å². The number of thiol groups is 1. The molecule has 56 valence electrons. The minimum absolute atomic E-state index is 0.00708. The molecule has 1 N–H and O–H groups in total. The van der Waals surface area contributed by atoms with Crippen LogP contribution in [-0.2, 0) is 9.47 Å². The van der Waals surface area contributed by atoms with Crippen molar-refractivity contribution in [3.63, 3.8) is 0 Å². The smallest absolute Gasteiger partial charge is 0.146 e. The Labute approximate surface area is 60.4 Å². The highest BCUT2D eigenvalue weighted by Crippen LogP contribution is 1.92. The highest BCUT2D eigenvalue weighted by atomic mass is 32.1. The maximum Gasteiger partial charge on any atom is 0.146 e. The van der Waals surface area contributed by atoms with Crippen LogP contribution in [0.5, 0.6) is 0 Å². The Morgan fingerprint density at radius 2 is 2.33 bits per heavy atom. The van der Waals surface area contributed by atoms with Crippen LogP contribution in [-0.4, -0.2) is 37.5 Å². The largest absolute Gasteiger partial charge is 0.394 e. The van der Waals surface area contributed by atoms with Gasteiger partial charge in [-0.25, -0.2) is 0 Å². The maximum atomic E-state index is 8.52. The van der Waals surface area contributed by atoms with Crippen molar-refractivity contribution in [3.05, 3.63) is 0 Å². The van der Waals surface area contributed by atoms with Gasteiger partial charge in [0.25, 0.3) is 0 Å². The summed E-state index contributed by atoms with van der Waals surface area (Å²) in [6, 6.07) is 0. The Balaban J connectivity index is 3.09. The van der Waals surface area contributed by atoms with Crippen molar-refractivity contribution in [2.45, 2.75) is 6.10 Å². The molecule has 3 nitrogen and oxygen atoms in total. The number of ether oxygens (including phenoxy) is 2. The number of hydrogen-bond donors (Lipinski definition) is 2. The first kappa shape index (κ1) is 9.23. The van der Waals surface area contributed by atoms with Gasteiger partial charge in [0.05, 0.1) is 12.7 Å². The lowest BCUT2D eigenvalue weighted by molar-refractivity contribution is -0.0779. The van der Waals surface area contributed by atoms with Gasteiger partial charge in [0, 0.05) is 12.9 Å². The average Bonchev–Trinajstić information content (AvgIpc) is 1.91. The van der Waals surface area contributed by atoms with Crippen molar-refractivity contribution in [2.24, 2.45) is 0 Å². The molecule has 0 aliphatic heterocycles. The molecular formula is C5H12O3S. The fraction of sp³-hybridized carbons (Fsp3) is 1.00. The molecule has 1 atom stereocenters. The standard InChI is InChI=1S/C5H12O3S/c1-7-4-8-5(2-6)3-9/h5-6,9H,2-4H2,1H3/t5-/m1/s1. The SMILES string of the molecule is COCO[C@H](CO)CS. The second-order valence-electron chi connectivity index (χ2n) is 1.56. The second-order valence-corrected chi connectivity index (χ2v) is 1.93.